The molecule has 3 N–H and O–H groups in total. The lowest BCUT2D eigenvalue weighted by molar-refractivity contribution is 0.0953. The summed E-state index contributed by atoms with van der Waals surface area (Å²) in [7, 11) is 0. The van der Waals surface area contributed by atoms with Crippen LogP contribution in [-0.2, 0) is 16.8 Å². The second kappa shape index (κ2) is 35.8. The first-order chi connectivity index (χ1) is 33.7. The van der Waals surface area contributed by atoms with Gasteiger partial charge in [-0.3, -0.25) is 10.2 Å². The van der Waals surface area contributed by atoms with Crippen molar-refractivity contribution < 1.29 is 9.53 Å². The van der Waals surface area contributed by atoms with Gasteiger partial charge < -0.3 is 4.74 Å². The van der Waals surface area contributed by atoms with E-state index in [0.29, 0.717) is 35.3 Å². The second-order valence-corrected chi connectivity index (χ2v) is 22.0. The Bertz CT molecular complexity index is 2100. The number of ether oxygens (including phenoxy) is 1. The third-order valence-corrected chi connectivity index (χ3v) is 12.8. The third-order valence-electron chi connectivity index (χ3n) is 12.8. The number of carbonyl (C=O) groups excluding carboxylic acids is 1. The van der Waals surface area contributed by atoms with Crippen LogP contribution in [0, 0.1) is 29.6 Å². The van der Waals surface area contributed by atoms with Gasteiger partial charge in [-0.25, -0.2) is 5.84 Å². The van der Waals surface area contributed by atoms with E-state index in [0.717, 1.165) is 34.7 Å². The Morgan fingerprint density at radius 2 is 1.15 bits per heavy atom. The van der Waals surface area contributed by atoms with Gasteiger partial charge in [-0.05, 0) is 118 Å². The highest BCUT2D eigenvalue weighted by atomic mass is 16.5. The Morgan fingerprint density at radius 3 is 1.65 bits per heavy atom. The highest BCUT2D eigenvalue weighted by Gasteiger charge is 2.46. The van der Waals surface area contributed by atoms with Crippen LogP contribution in [-0.4, -0.2) is 18.5 Å². The standard InChI is InChI=1S/C47H62N4O2.C6H14.C4H10.2C3H8.C2H6/c1-9-12-14-33(11-3)29-47(30-35(15-13-10-2)28-46(5,6)7)42-24-32(4)16-22-40(42)41-23-21-39(27-43(41)47)45(51-49-8)53-31-34-17-18-37-26-38(44(52)50-48)20-19-36(37)25-34;1-5-6(2,3)4;1-3-4-2;2*1-3-2;1-2/h16-27,33,35H,8-15,28-31,48H2,1-7H3,(H,50,52);5H2,1-4H3;3-4H2,1-2H3;2*3H2,1-2H3;1-2H3/b51-45-;;;;;. The van der Waals surface area contributed by atoms with Crippen molar-refractivity contribution in [2.45, 2.75) is 240 Å². The number of hydrogen-bond donors (Lipinski definition) is 2. The van der Waals surface area contributed by atoms with Gasteiger partial charge in [0.25, 0.3) is 5.91 Å². The van der Waals surface area contributed by atoms with E-state index >= 15 is 0 Å². The molecule has 1 aliphatic carbocycles. The molecule has 0 radical (unpaired) electrons. The van der Waals surface area contributed by atoms with Crippen molar-refractivity contribution in [2.75, 3.05) is 0 Å². The molecule has 3 unspecified atom stereocenters. The summed E-state index contributed by atoms with van der Waals surface area (Å²) < 4.78 is 6.50. The van der Waals surface area contributed by atoms with E-state index in [1.807, 2.05) is 38.1 Å². The lowest BCUT2D eigenvalue weighted by Gasteiger charge is -2.40. The van der Waals surface area contributed by atoms with Crippen LogP contribution < -0.4 is 11.3 Å². The molecule has 4 aromatic rings. The van der Waals surface area contributed by atoms with Crippen molar-refractivity contribution in [1.82, 2.24) is 5.43 Å². The Balaban J connectivity index is 0.00000235. The summed E-state index contributed by atoms with van der Waals surface area (Å²) in [6.45, 7) is 46.3. The molecule has 6 nitrogen and oxygen atoms in total. The molecule has 0 saturated carbocycles. The molecule has 0 aromatic heterocycles. The normalized spacial score (nSPS) is 14.4. The molecule has 71 heavy (non-hydrogen) atoms. The summed E-state index contributed by atoms with van der Waals surface area (Å²) in [5.74, 6) is 6.74. The van der Waals surface area contributed by atoms with Gasteiger partial charge in [0.2, 0.25) is 5.90 Å². The minimum absolute atomic E-state index is 0.116. The first kappa shape index (κ1) is 66.7. The molecule has 5 rings (SSSR count). The molecule has 400 valence electrons. The lowest BCUT2D eigenvalue weighted by atomic mass is 9.63. The number of fused-ring (bicyclic) bond motifs is 4. The Hall–Kier alpha value is -4.29. The highest BCUT2D eigenvalue weighted by molar-refractivity contribution is 5.99. The molecule has 0 aliphatic heterocycles. The van der Waals surface area contributed by atoms with Crippen LogP contribution in [0.2, 0.25) is 0 Å². The zero-order valence-electron chi connectivity index (χ0n) is 49.4. The fourth-order valence-electron chi connectivity index (χ4n) is 8.82. The predicted octanol–water partition coefficient (Wildman–Crippen LogP) is 19.9. The summed E-state index contributed by atoms with van der Waals surface area (Å²) in [6.07, 6.45) is 18.5. The van der Waals surface area contributed by atoms with Crippen molar-refractivity contribution in [3.05, 3.63) is 106 Å². The number of rotatable bonds is 18. The van der Waals surface area contributed by atoms with Gasteiger partial charge in [-0.1, -0.05) is 250 Å². The smallest absolute Gasteiger partial charge is 0.265 e. The minimum atomic E-state index is -0.314. The number of hydrazine groups is 1. The number of amides is 1. The van der Waals surface area contributed by atoms with Crippen molar-refractivity contribution in [3.63, 3.8) is 0 Å². The van der Waals surface area contributed by atoms with E-state index in [1.54, 1.807) is 6.07 Å². The fraction of sp³-hybridized carbons (Fsp3) is 0.615. The van der Waals surface area contributed by atoms with Gasteiger partial charge in [-0.2, -0.15) is 5.10 Å². The maximum Gasteiger partial charge on any atom is 0.265 e. The fourth-order valence-corrected chi connectivity index (χ4v) is 8.82. The third kappa shape index (κ3) is 23.4. The summed E-state index contributed by atoms with van der Waals surface area (Å²) >= 11 is 0. The average molecular weight is 978 g/mol. The van der Waals surface area contributed by atoms with E-state index in [2.05, 4.69) is 183 Å². The average Bonchev–Trinajstić information content (AvgIpc) is 3.60. The molecule has 0 spiro atoms. The number of hydrogen-bond acceptors (Lipinski definition) is 5. The molecule has 4 aromatic carbocycles. The van der Waals surface area contributed by atoms with Gasteiger partial charge in [0.15, 0.2) is 0 Å². The number of nitrogens with one attached hydrogen (secondary N) is 1. The number of aryl methyl sites for hydroxylation is 1. The number of nitrogens with zero attached hydrogens (tertiary/aromatic N) is 2. The van der Waals surface area contributed by atoms with Crippen LogP contribution in [0.3, 0.4) is 0 Å². The predicted molar refractivity (Wildman–Crippen MR) is 317 cm³/mol. The SMILES string of the molecule is C=N/N=C(\OCc1ccc2cc(C(=O)NN)ccc2c1)c1ccc2c(c1)C(CC(CC)CCCC)(CC(CCCC)CC(C)(C)C)c1cc(C)ccc1-2.CC.CCC.CCC.CCC(C)(C)C.CCCC. The minimum Gasteiger partial charge on any atom is -0.471 e. The molecular weight excluding hydrogens is 869 g/mol. The lowest BCUT2D eigenvalue weighted by Crippen LogP contribution is -2.33. The van der Waals surface area contributed by atoms with E-state index in [1.165, 1.54) is 111 Å². The number of carbonyl (C=O) groups is 1. The number of nitrogen functional groups attached to an aromatic ring is 1. The summed E-state index contributed by atoms with van der Waals surface area (Å²) in [5.41, 5.74) is 12.2. The van der Waals surface area contributed by atoms with Crippen LogP contribution in [0.1, 0.15) is 259 Å². The maximum absolute atomic E-state index is 12.1. The van der Waals surface area contributed by atoms with E-state index in [9.17, 15) is 4.79 Å². The van der Waals surface area contributed by atoms with Crippen LogP contribution >= 0.6 is 0 Å². The summed E-state index contributed by atoms with van der Waals surface area (Å²) in [6, 6.07) is 25.6. The quantitative estimate of drug-likeness (QED) is 0.0342. The molecule has 6 heteroatoms. The van der Waals surface area contributed by atoms with Crippen LogP contribution in [0.5, 0.6) is 0 Å². The van der Waals surface area contributed by atoms with E-state index in [-0.39, 0.29) is 16.7 Å². The molecule has 0 fully saturated rings. The van der Waals surface area contributed by atoms with Crippen LogP contribution in [0.15, 0.2) is 83.0 Å². The number of unbranched alkanes of at least 4 members (excludes halogenated alkanes) is 3. The number of nitrogens with two attached hydrogens (primary N) is 1. The van der Waals surface area contributed by atoms with Crippen molar-refractivity contribution in [3.8, 4) is 11.1 Å². The highest BCUT2D eigenvalue weighted by Crippen LogP contribution is 2.57. The van der Waals surface area contributed by atoms with Gasteiger partial charge >= 0.3 is 0 Å². The van der Waals surface area contributed by atoms with Crippen molar-refractivity contribution in [1.29, 1.82) is 0 Å². The van der Waals surface area contributed by atoms with Gasteiger partial charge in [-0.15, -0.1) is 5.10 Å². The molecule has 3 atom stereocenters. The first-order valence-corrected chi connectivity index (χ1v) is 28.2. The van der Waals surface area contributed by atoms with Gasteiger partial charge in [0, 0.05) is 23.3 Å². The Labute approximate surface area is 438 Å². The van der Waals surface area contributed by atoms with E-state index < -0.39 is 0 Å². The topological polar surface area (TPSA) is 89.1 Å². The first-order valence-electron chi connectivity index (χ1n) is 28.2. The monoisotopic (exact) mass is 977 g/mol. The second-order valence-electron chi connectivity index (χ2n) is 22.0. The molecule has 0 bridgehead atoms. The maximum atomic E-state index is 12.1. The molecule has 1 aliphatic rings. The van der Waals surface area contributed by atoms with Gasteiger partial charge in [0.05, 0.1) is 0 Å². The number of benzene rings is 4. The zero-order valence-corrected chi connectivity index (χ0v) is 49.4. The molecular formula is C65H108N4O2. The largest absolute Gasteiger partial charge is 0.471 e. The van der Waals surface area contributed by atoms with Crippen molar-refractivity contribution in [2.24, 2.45) is 38.7 Å². The van der Waals surface area contributed by atoms with Crippen LogP contribution in [0.25, 0.3) is 21.9 Å². The summed E-state index contributed by atoms with van der Waals surface area (Å²) in [4.78, 5) is 12.1. The Kier molecular flexibility index (Phi) is 33.6. The van der Waals surface area contributed by atoms with Crippen LogP contribution in [0.4, 0.5) is 0 Å². The molecule has 0 heterocycles. The van der Waals surface area contributed by atoms with Gasteiger partial charge in [0.1, 0.15) is 6.61 Å². The van der Waals surface area contributed by atoms with E-state index in [4.69, 9.17) is 10.6 Å². The zero-order chi connectivity index (χ0) is 54.2. The Morgan fingerprint density at radius 1 is 0.662 bits per heavy atom. The summed E-state index contributed by atoms with van der Waals surface area (Å²) in [5, 5.41) is 10.4. The molecule has 1 amide bonds. The van der Waals surface area contributed by atoms with Crippen molar-refractivity contribution >= 4 is 29.3 Å². The molecule has 0 saturated heterocycles.